The Morgan fingerprint density at radius 3 is 2.30 bits per heavy atom. The van der Waals surface area contributed by atoms with E-state index in [-0.39, 0.29) is 16.8 Å². The van der Waals surface area contributed by atoms with Crippen LogP contribution in [0.5, 0.6) is 0 Å². The highest BCUT2D eigenvalue weighted by Crippen LogP contribution is 2.30. The monoisotopic (exact) mass is 287 g/mol. The topological polar surface area (TPSA) is 39.8 Å². The highest BCUT2D eigenvalue weighted by Gasteiger charge is 2.34. The van der Waals surface area contributed by atoms with Crippen LogP contribution in [0.4, 0.5) is 13.2 Å². The molecule has 0 saturated carbocycles. The van der Waals surface area contributed by atoms with Crippen LogP contribution in [0.1, 0.15) is 19.5 Å². The van der Waals surface area contributed by atoms with Gasteiger partial charge in [0.15, 0.2) is 5.69 Å². The van der Waals surface area contributed by atoms with Gasteiger partial charge in [-0.05, 0) is 18.2 Å². The first kappa shape index (κ1) is 16.0. The lowest BCUT2D eigenvalue weighted by molar-refractivity contribution is -0.141. The predicted molar refractivity (Wildman–Crippen MR) is 70.2 cm³/mol. The molecule has 110 valence electrons. The third kappa shape index (κ3) is 3.09. The second kappa shape index (κ2) is 5.94. The summed E-state index contributed by atoms with van der Waals surface area (Å²) in [6.07, 6.45) is -2.98. The number of aromatic nitrogens is 3. The summed E-state index contributed by atoms with van der Waals surface area (Å²) >= 11 is 0. The number of hydrogen-bond donors (Lipinski definition) is 0. The molecule has 0 unspecified atom stereocenters. The largest absolute Gasteiger partial charge is 0.435 e. The van der Waals surface area contributed by atoms with E-state index in [1.54, 1.807) is 6.07 Å². The molecule has 0 aromatic carbocycles. The summed E-state index contributed by atoms with van der Waals surface area (Å²) < 4.78 is 39.9. The predicted octanol–water partition coefficient (Wildman–Crippen LogP) is 2.83. The Hall–Kier alpha value is -2.05. The van der Waals surface area contributed by atoms with Crippen molar-refractivity contribution in [2.45, 2.75) is 20.0 Å². The van der Waals surface area contributed by atoms with Gasteiger partial charge in [-0.25, -0.2) is 0 Å². The van der Waals surface area contributed by atoms with Gasteiger partial charge in [-0.2, -0.15) is 18.3 Å². The van der Waals surface area contributed by atoms with Crippen LogP contribution in [0.25, 0.3) is 11.3 Å². The van der Waals surface area contributed by atoms with Crippen molar-refractivity contribution in [2.75, 3.05) is 0 Å². The molecule has 0 radical (unpaired) electrons. The van der Waals surface area contributed by atoms with Crippen molar-refractivity contribution < 1.29 is 13.2 Å². The normalized spacial score (nSPS) is 10.9. The van der Waals surface area contributed by atoms with Crippen molar-refractivity contribution >= 4 is 0 Å². The molecule has 0 aliphatic carbocycles. The summed E-state index contributed by atoms with van der Waals surface area (Å²) in [5.41, 5.74) is -1.05. The fourth-order valence-corrected chi connectivity index (χ4v) is 1.65. The Labute approximate surface area is 114 Å². The molecular weight excluding hydrogens is 271 g/mol. The Bertz CT molecular complexity index is 641. The average Bonchev–Trinajstić information content (AvgIpc) is 2.77. The summed E-state index contributed by atoms with van der Waals surface area (Å²) in [4.78, 5) is 11.8. The number of pyridine rings is 1. The van der Waals surface area contributed by atoms with Crippen LogP contribution in [-0.2, 0) is 20.3 Å². The summed E-state index contributed by atoms with van der Waals surface area (Å²) in [5, 5.41) is 3.37. The zero-order valence-corrected chi connectivity index (χ0v) is 11.7. The van der Waals surface area contributed by atoms with Crippen LogP contribution in [0, 0.1) is 0 Å². The molecule has 2 aromatic rings. The Balaban J connectivity index is 0.000000956. The van der Waals surface area contributed by atoms with Gasteiger partial charge in [0, 0.05) is 20.3 Å². The SMILES string of the molecule is CC.Cn1nc(C(F)(F)F)cc1-c1cccn(C)c1=O. The van der Waals surface area contributed by atoms with Gasteiger partial charge >= 0.3 is 6.18 Å². The molecule has 2 heterocycles. The number of rotatable bonds is 1. The molecule has 0 spiro atoms. The summed E-state index contributed by atoms with van der Waals surface area (Å²) in [7, 11) is 2.91. The molecule has 2 aromatic heterocycles. The molecule has 0 aliphatic heterocycles. The van der Waals surface area contributed by atoms with E-state index in [9.17, 15) is 18.0 Å². The molecule has 0 fully saturated rings. The van der Waals surface area contributed by atoms with Gasteiger partial charge in [-0.1, -0.05) is 13.8 Å². The minimum atomic E-state index is -4.52. The zero-order valence-electron chi connectivity index (χ0n) is 11.7. The van der Waals surface area contributed by atoms with Crippen molar-refractivity contribution in [1.82, 2.24) is 14.3 Å². The highest BCUT2D eigenvalue weighted by atomic mass is 19.4. The standard InChI is InChI=1S/C11H10F3N3O.C2H6/c1-16-5-3-4-7(10(16)18)8-6-9(11(12,13)14)15-17(8)2;1-2/h3-6H,1-2H3;1-2H3. The van der Waals surface area contributed by atoms with E-state index in [2.05, 4.69) is 5.10 Å². The third-order valence-corrected chi connectivity index (χ3v) is 2.57. The van der Waals surface area contributed by atoms with Crippen molar-refractivity contribution in [3.05, 3.63) is 40.4 Å². The molecule has 0 aliphatic rings. The van der Waals surface area contributed by atoms with Crippen molar-refractivity contribution in [3.8, 4) is 11.3 Å². The van der Waals surface area contributed by atoms with Gasteiger partial charge in [-0.15, -0.1) is 0 Å². The molecule has 2 rings (SSSR count). The smallest absolute Gasteiger partial charge is 0.318 e. The number of aryl methyl sites for hydroxylation is 2. The molecule has 0 atom stereocenters. The first-order valence-electron chi connectivity index (χ1n) is 6.08. The van der Waals surface area contributed by atoms with Crippen LogP contribution in [-0.4, -0.2) is 14.3 Å². The fraction of sp³-hybridized carbons (Fsp3) is 0.385. The maximum Gasteiger partial charge on any atom is 0.435 e. The van der Waals surface area contributed by atoms with Crippen LogP contribution in [0.2, 0.25) is 0 Å². The lowest BCUT2D eigenvalue weighted by Gasteiger charge is -2.02. The Kier molecular flexibility index (Phi) is 4.75. The van der Waals surface area contributed by atoms with E-state index in [1.165, 1.54) is 30.9 Å². The van der Waals surface area contributed by atoms with E-state index in [1.807, 2.05) is 13.8 Å². The highest BCUT2D eigenvalue weighted by molar-refractivity contribution is 5.58. The van der Waals surface area contributed by atoms with Crippen LogP contribution >= 0.6 is 0 Å². The molecule has 4 nitrogen and oxygen atoms in total. The first-order chi connectivity index (χ1) is 9.30. The van der Waals surface area contributed by atoms with Crippen LogP contribution < -0.4 is 5.56 Å². The van der Waals surface area contributed by atoms with Crippen molar-refractivity contribution in [3.63, 3.8) is 0 Å². The average molecular weight is 287 g/mol. The van der Waals surface area contributed by atoms with Crippen molar-refractivity contribution in [2.24, 2.45) is 14.1 Å². The second-order valence-corrected chi connectivity index (χ2v) is 3.87. The quantitative estimate of drug-likeness (QED) is 0.809. The van der Waals surface area contributed by atoms with Gasteiger partial charge in [0.05, 0.1) is 11.3 Å². The Morgan fingerprint density at radius 2 is 1.80 bits per heavy atom. The summed E-state index contributed by atoms with van der Waals surface area (Å²) in [6.45, 7) is 4.00. The number of alkyl halides is 3. The number of hydrogen-bond acceptors (Lipinski definition) is 2. The number of halogens is 3. The molecular formula is C13H16F3N3O. The molecule has 7 heteroatoms. The summed E-state index contributed by atoms with van der Waals surface area (Å²) in [5.74, 6) is 0. The van der Waals surface area contributed by atoms with E-state index >= 15 is 0 Å². The minimum Gasteiger partial charge on any atom is -0.318 e. The lowest BCUT2D eigenvalue weighted by atomic mass is 10.2. The Morgan fingerprint density at radius 1 is 1.20 bits per heavy atom. The van der Waals surface area contributed by atoms with Gasteiger partial charge in [0.25, 0.3) is 5.56 Å². The van der Waals surface area contributed by atoms with Gasteiger partial charge in [0.1, 0.15) is 0 Å². The van der Waals surface area contributed by atoms with Gasteiger partial charge in [-0.3, -0.25) is 9.48 Å². The van der Waals surface area contributed by atoms with Gasteiger partial charge < -0.3 is 4.57 Å². The lowest BCUT2D eigenvalue weighted by Crippen LogP contribution is -2.18. The zero-order chi connectivity index (χ0) is 15.5. The maximum atomic E-state index is 12.5. The maximum absolute atomic E-state index is 12.5. The van der Waals surface area contributed by atoms with Crippen LogP contribution in [0.15, 0.2) is 29.2 Å². The van der Waals surface area contributed by atoms with E-state index < -0.39 is 11.9 Å². The van der Waals surface area contributed by atoms with Crippen molar-refractivity contribution in [1.29, 1.82) is 0 Å². The van der Waals surface area contributed by atoms with E-state index in [0.717, 1.165) is 10.7 Å². The van der Waals surface area contributed by atoms with Crippen LogP contribution in [0.3, 0.4) is 0 Å². The van der Waals surface area contributed by atoms with E-state index in [4.69, 9.17) is 0 Å². The second-order valence-electron chi connectivity index (χ2n) is 3.87. The molecule has 0 saturated heterocycles. The van der Waals surface area contributed by atoms with E-state index in [0.29, 0.717) is 0 Å². The minimum absolute atomic E-state index is 0.142. The third-order valence-electron chi connectivity index (χ3n) is 2.57. The molecule has 0 N–H and O–H groups in total. The molecule has 0 bridgehead atoms. The van der Waals surface area contributed by atoms with Gasteiger partial charge in [0.2, 0.25) is 0 Å². The molecule has 0 amide bonds. The first-order valence-corrected chi connectivity index (χ1v) is 6.08. The fourth-order valence-electron chi connectivity index (χ4n) is 1.65. The molecule has 20 heavy (non-hydrogen) atoms. The summed E-state index contributed by atoms with van der Waals surface area (Å²) in [6, 6.07) is 3.94. The number of nitrogens with zero attached hydrogens (tertiary/aromatic N) is 3.